The van der Waals surface area contributed by atoms with Gasteiger partial charge in [0.25, 0.3) is 0 Å². The van der Waals surface area contributed by atoms with Gasteiger partial charge in [-0.3, -0.25) is 4.79 Å². The van der Waals surface area contributed by atoms with Crippen LogP contribution in [0.4, 0.5) is 0 Å². The molecule has 1 unspecified atom stereocenters. The molecule has 1 aromatic heterocycles. The number of nitrogens with zero attached hydrogens (tertiary/aromatic N) is 1. The molecule has 0 aliphatic heterocycles. The number of rotatable bonds is 3. The smallest absolute Gasteiger partial charge is 0.320 e. The summed E-state index contributed by atoms with van der Waals surface area (Å²) in [5, 5.41) is 8.54. The standard InChI is InChI=1S/C6H9N3O2/c7-5(6(10)11)1-4-2-8-3-9-4/h2-3,5H,1,7H2,(H,8,9)(H,10,11)/t5-/m1/s1/i1D,5D,6+1/t1?,5-. The first kappa shape index (κ1) is 5.31. The molecule has 0 aliphatic rings. The first-order chi connectivity index (χ1) is 5.96. The second-order valence-corrected chi connectivity index (χ2v) is 1.91. The Morgan fingerprint density at radius 3 is 3.36 bits per heavy atom. The highest BCUT2D eigenvalue weighted by atomic mass is 16.5. The molecule has 1 heterocycles. The molecule has 2 atom stereocenters. The second kappa shape index (κ2) is 3.16. The Labute approximate surface area is 66.1 Å². The summed E-state index contributed by atoms with van der Waals surface area (Å²) in [6.45, 7) is 0. The second-order valence-electron chi connectivity index (χ2n) is 1.91. The monoisotopic (exact) mass is 158 g/mol. The lowest BCUT2D eigenvalue weighted by molar-refractivity contribution is -0.138. The molecular formula is C6H9N3O2. The molecule has 60 valence electrons. The number of nitrogens with two attached hydrogens (primary N) is 1. The van der Waals surface area contributed by atoms with E-state index >= 15 is 0 Å². The summed E-state index contributed by atoms with van der Waals surface area (Å²) < 4.78 is 14.6. The van der Waals surface area contributed by atoms with Crippen LogP contribution in [-0.4, -0.2) is 27.1 Å². The lowest BCUT2D eigenvalue weighted by atomic mass is 10.2. The summed E-state index contributed by atoms with van der Waals surface area (Å²) in [7, 11) is 0. The maximum absolute atomic E-state index is 10.5. The fraction of sp³-hybridized carbons (Fsp3) is 0.333. The van der Waals surface area contributed by atoms with Gasteiger partial charge in [0.05, 0.1) is 7.70 Å². The average Bonchev–Trinajstić information content (AvgIpc) is 2.54. The van der Waals surface area contributed by atoms with Crippen LogP contribution < -0.4 is 5.73 Å². The molecule has 0 amide bonds. The minimum absolute atomic E-state index is 0.208. The van der Waals surface area contributed by atoms with E-state index in [0.29, 0.717) is 0 Å². The van der Waals surface area contributed by atoms with E-state index in [4.69, 9.17) is 13.6 Å². The normalized spacial score (nSPS) is 21.2. The van der Waals surface area contributed by atoms with Crippen LogP contribution >= 0.6 is 0 Å². The van der Waals surface area contributed by atoms with Gasteiger partial charge in [-0.15, -0.1) is 0 Å². The van der Waals surface area contributed by atoms with Gasteiger partial charge in [0.15, 0.2) is 0 Å². The minimum Gasteiger partial charge on any atom is -0.480 e. The van der Waals surface area contributed by atoms with Crippen molar-refractivity contribution < 1.29 is 12.6 Å². The van der Waals surface area contributed by atoms with Crippen molar-refractivity contribution in [2.75, 3.05) is 0 Å². The zero-order chi connectivity index (χ0) is 10.1. The number of carboxylic acid groups (broad SMARTS) is 1. The molecule has 0 aliphatic carbocycles. The minimum atomic E-state index is -2.35. The maximum Gasteiger partial charge on any atom is 0.320 e. The largest absolute Gasteiger partial charge is 0.480 e. The summed E-state index contributed by atoms with van der Waals surface area (Å²) in [5.41, 5.74) is 5.33. The number of carboxylic acids is 1. The summed E-state index contributed by atoms with van der Waals surface area (Å²) in [6.07, 6.45) is 1.19. The average molecular weight is 158 g/mol. The molecule has 5 nitrogen and oxygen atoms in total. The molecule has 0 bridgehead atoms. The first-order valence-corrected chi connectivity index (χ1v) is 2.89. The van der Waals surface area contributed by atoms with E-state index in [1.165, 1.54) is 12.5 Å². The Bertz CT molecular complexity index is 299. The highest BCUT2D eigenvalue weighted by molar-refractivity contribution is 5.73. The van der Waals surface area contributed by atoms with E-state index < -0.39 is 18.4 Å². The van der Waals surface area contributed by atoms with E-state index in [1.54, 1.807) is 0 Å². The van der Waals surface area contributed by atoms with Crippen LogP contribution in [0.2, 0.25) is 0 Å². The summed E-state index contributed by atoms with van der Waals surface area (Å²) in [6, 6.07) is -2.35. The van der Waals surface area contributed by atoms with Crippen LogP contribution in [0.15, 0.2) is 12.5 Å². The molecule has 5 heteroatoms. The third-order valence-electron chi connectivity index (χ3n) is 1.08. The van der Waals surface area contributed by atoms with Crippen molar-refractivity contribution in [3.63, 3.8) is 0 Å². The molecule has 0 spiro atoms. The van der Waals surface area contributed by atoms with Crippen molar-refractivity contribution in [1.82, 2.24) is 9.97 Å². The van der Waals surface area contributed by atoms with Crippen molar-refractivity contribution in [3.8, 4) is 0 Å². The summed E-state index contributed by atoms with van der Waals surface area (Å²) >= 11 is 0. The number of carbonyl (C=O) groups is 1. The van der Waals surface area contributed by atoms with Crippen molar-refractivity contribution in [1.29, 1.82) is 0 Å². The number of H-pyrrole nitrogens is 1. The fourth-order valence-electron chi connectivity index (χ4n) is 0.575. The SMILES string of the molecule is [2H]C(c1cnc[nH]1)[C@@]([2H])(N)[13C](=O)O. The highest BCUT2D eigenvalue weighted by Gasteiger charge is 2.11. The van der Waals surface area contributed by atoms with Gasteiger partial charge in [-0.25, -0.2) is 4.98 Å². The Kier molecular flexibility index (Phi) is 1.52. The van der Waals surface area contributed by atoms with E-state index in [2.05, 4.69) is 9.97 Å². The lowest BCUT2D eigenvalue weighted by Crippen LogP contribution is -2.32. The molecule has 11 heavy (non-hydrogen) atoms. The van der Waals surface area contributed by atoms with E-state index in [1.807, 2.05) is 0 Å². The van der Waals surface area contributed by atoms with Crippen LogP contribution in [-0.2, 0) is 11.2 Å². The van der Waals surface area contributed by atoms with Gasteiger partial charge in [0, 0.05) is 19.7 Å². The Morgan fingerprint density at radius 2 is 2.91 bits per heavy atom. The Hall–Kier alpha value is -1.36. The van der Waals surface area contributed by atoms with Crippen molar-refractivity contribution in [2.45, 2.75) is 12.4 Å². The third-order valence-corrected chi connectivity index (χ3v) is 1.08. The van der Waals surface area contributed by atoms with Crippen LogP contribution in [0.5, 0.6) is 0 Å². The van der Waals surface area contributed by atoms with Gasteiger partial charge in [0.2, 0.25) is 0 Å². The van der Waals surface area contributed by atoms with Gasteiger partial charge in [-0.1, -0.05) is 0 Å². The Morgan fingerprint density at radius 1 is 2.18 bits per heavy atom. The molecule has 1 rings (SSSR count). The molecule has 1 aromatic rings. The fourth-order valence-corrected chi connectivity index (χ4v) is 0.575. The van der Waals surface area contributed by atoms with Gasteiger partial charge in [-0.05, 0) is 0 Å². The van der Waals surface area contributed by atoms with Gasteiger partial charge >= 0.3 is 5.97 Å². The number of hydrogen-bond donors (Lipinski definition) is 3. The third kappa shape index (κ3) is 2.05. The lowest BCUT2D eigenvalue weighted by Gasteiger charge is -2.02. The van der Waals surface area contributed by atoms with Crippen LogP contribution in [0.3, 0.4) is 0 Å². The summed E-state index contributed by atoms with van der Waals surface area (Å²) in [4.78, 5) is 16.6. The van der Waals surface area contributed by atoms with E-state index in [-0.39, 0.29) is 5.69 Å². The predicted octanol–water partition coefficient (Wildman–Crippen LogP) is -0.636. The van der Waals surface area contributed by atoms with Crippen LogP contribution in [0.25, 0.3) is 0 Å². The maximum atomic E-state index is 10.5. The number of hydrogen-bond acceptors (Lipinski definition) is 3. The molecule has 4 N–H and O–H groups in total. The van der Waals surface area contributed by atoms with Gasteiger partial charge in [-0.2, -0.15) is 0 Å². The zero-order valence-corrected chi connectivity index (χ0v) is 5.61. The van der Waals surface area contributed by atoms with Crippen molar-refractivity contribution in [3.05, 3.63) is 18.2 Å². The highest BCUT2D eigenvalue weighted by Crippen LogP contribution is 1.95. The molecule has 0 aromatic carbocycles. The van der Waals surface area contributed by atoms with Gasteiger partial charge in [0.1, 0.15) is 6.02 Å². The van der Waals surface area contributed by atoms with E-state index in [9.17, 15) is 4.79 Å². The number of aromatic amines is 1. The van der Waals surface area contributed by atoms with Crippen LogP contribution in [0.1, 0.15) is 8.44 Å². The number of nitrogens with one attached hydrogen (secondary N) is 1. The topological polar surface area (TPSA) is 92.0 Å². The number of imidazole rings is 1. The Balaban J connectivity index is 2.90. The molecule has 0 saturated carbocycles. The number of aromatic nitrogens is 2. The quantitative estimate of drug-likeness (QED) is 0.510. The molecule has 0 radical (unpaired) electrons. The van der Waals surface area contributed by atoms with Crippen LogP contribution in [0, 0.1) is 0 Å². The predicted molar refractivity (Wildman–Crippen MR) is 37.9 cm³/mol. The zero-order valence-electron chi connectivity index (χ0n) is 7.61. The molecule has 0 fully saturated rings. The first-order valence-electron chi connectivity index (χ1n) is 3.96. The van der Waals surface area contributed by atoms with Crippen molar-refractivity contribution in [2.24, 2.45) is 5.73 Å². The molecule has 0 saturated heterocycles. The summed E-state index contributed by atoms with van der Waals surface area (Å²) in [5.74, 6) is -1.54. The number of aliphatic carboxylic acids is 1. The van der Waals surface area contributed by atoms with E-state index in [0.717, 1.165) is 0 Å². The van der Waals surface area contributed by atoms with Crippen molar-refractivity contribution >= 4 is 5.97 Å². The van der Waals surface area contributed by atoms with Gasteiger partial charge < -0.3 is 15.8 Å². The molecular weight excluding hydrogens is 147 g/mol.